The molecule has 0 aliphatic carbocycles. The van der Waals surface area contributed by atoms with Gasteiger partial charge in [-0.15, -0.1) is 10.2 Å². The summed E-state index contributed by atoms with van der Waals surface area (Å²) in [6.45, 7) is 2.60. The molecule has 0 aliphatic rings. The average Bonchev–Trinajstić information content (AvgIpc) is 3.22. The van der Waals surface area contributed by atoms with Gasteiger partial charge in [-0.05, 0) is 54.4 Å². The number of rotatable bonds is 7. The molecule has 170 valence electrons. The molecule has 0 saturated carbocycles. The van der Waals surface area contributed by atoms with Gasteiger partial charge >= 0.3 is 0 Å². The van der Waals surface area contributed by atoms with E-state index in [2.05, 4.69) is 31.9 Å². The van der Waals surface area contributed by atoms with Crippen LogP contribution in [0.25, 0.3) is 11.4 Å². The number of nitrogens with one attached hydrogen (secondary N) is 2. The summed E-state index contributed by atoms with van der Waals surface area (Å²) in [4.78, 5) is 16.4. The van der Waals surface area contributed by atoms with Crippen LogP contribution in [0.5, 0.6) is 0 Å². The number of carbonyl (C=O) groups excluding carboxylic acids is 1. The van der Waals surface area contributed by atoms with Crippen LogP contribution < -0.4 is 10.6 Å². The number of benzene rings is 2. The number of amides is 1. The molecule has 34 heavy (non-hydrogen) atoms. The maximum atomic E-state index is 14.1. The molecule has 2 heterocycles. The summed E-state index contributed by atoms with van der Waals surface area (Å²) in [5.41, 5.74) is 4.01. The van der Waals surface area contributed by atoms with Crippen LogP contribution in [-0.2, 0) is 20.1 Å². The number of hydrogen-bond donors (Lipinski definition) is 2. The molecular formula is C25H22FN7O. The fourth-order valence-electron chi connectivity index (χ4n) is 3.47. The standard InChI is InChI=1S/C25H22FN7O/c1-16-6-7-17(12-27)10-19(16)13-30-25(34)18-4-3-5-20(11-18)29-15-23-31-32-24(33(23)2)21-8-9-28-14-22(21)26/h3-11,14,29H,13,15H2,1-2H3,(H,30,34). The van der Waals surface area contributed by atoms with Crippen molar-refractivity contribution < 1.29 is 9.18 Å². The summed E-state index contributed by atoms with van der Waals surface area (Å²) in [6.07, 6.45) is 2.64. The first-order chi connectivity index (χ1) is 16.5. The van der Waals surface area contributed by atoms with Gasteiger partial charge in [-0.1, -0.05) is 12.1 Å². The minimum absolute atomic E-state index is 0.223. The third kappa shape index (κ3) is 4.91. The Bertz CT molecular complexity index is 1390. The second kappa shape index (κ2) is 9.92. The number of nitriles is 1. The zero-order valence-electron chi connectivity index (χ0n) is 18.7. The maximum Gasteiger partial charge on any atom is 0.251 e. The van der Waals surface area contributed by atoms with Gasteiger partial charge in [-0.2, -0.15) is 5.26 Å². The van der Waals surface area contributed by atoms with Crippen LogP contribution >= 0.6 is 0 Å². The lowest BCUT2D eigenvalue weighted by molar-refractivity contribution is 0.0951. The maximum absolute atomic E-state index is 14.1. The smallest absolute Gasteiger partial charge is 0.251 e. The molecule has 9 heteroatoms. The van der Waals surface area contributed by atoms with E-state index in [0.717, 1.165) is 23.0 Å². The first kappa shape index (κ1) is 22.6. The molecule has 8 nitrogen and oxygen atoms in total. The van der Waals surface area contributed by atoms with Crippen LogP contribution in [0, 0.1) is 24.1 Å². The molecule has 0 aliphatic heterocycles. The quantitative estimate of drug-likeness (QED) is 0.440. The zero-order valence-corrected chi connectivity index (χ0v) is 18.7. The molecule has 0 radical (unpaired) electrons. The van der Waals surface area contributed by atoms with Crippen LogP contribution in [0.2, 0.25) is 0 Å². The fourth-order valence-corrected chi connectivity index (χ4v) is 3.47. The summed E-state index contributed by atoms with van der Waals surface area (Å²) in [7, 11) is 1.76. The predicted molar refractivity (Wildman–Crippen MR) is 125 cm³/mol. The number of hydrogen-bond acceptors (Lipinski definition) is 6. The van der Waals surface area contributed by atoms with Crippen molar-refractivity contribution in [3.05, 3.63) is 94.8 Å². The number of aromatic nitrogens is 4. The van der Waals surface area contributed by atoms with Gasteiger partial charge < -0.3 is 15.2 Å². The summed E-state index contributed by atoms with van der Waals surface area (Å²) in [5.74, 6) is 0.319. The lowest BCUT2D eigenvalue weighted by atomic mass is 10.1. The van der Waals surface area contributed by atoms with Crippen molar-refractivity contribution in [2.24, 2.45) is 7.05 Å². The van der Waals surface area contributed by atoms with Crippen molar-refractivity contribution in [1.82, 2.24) is 25.1 Å². The predicted octanol–water partition coefficient (Wildman–Crippen LogP) is 3.74. The molecule has 2 aromatic carbocycles. The monoisotopic (exact) mass is 455 g/mol. The highest BCUT2D eigenvalue weighted by Crippen LogP contribution is 2.20. The Morgan fingerprint density at radius 2 is 2.00 bits per heavy atom. The fraction of sp³-hybridized carbons (Fsp3) is 0.160. The van der Waals surface area contributed by atoms with E-state index in [9.17, 15) is 9.18 Å². The molecule has 0 fully saturated rings. The highest BCUT2D eigenvalue weighted by Gasteiger charge is 2.14. The van der Waals surface area contributed by atoms with Crippen molar-refractivity contribution in [3.8, 4) is 17.5 Å². The summed E-state index contributed by atoms with van der Waals surface area (Å²) in [5, 5.41) is 23.5. The average molecular weight is 455 g/mol. The number of halogens is 1. The Morgan fingerprint density at radius 3 is 2.79 bits per heavy atom. The summed E-state index contributed by atoms with van der Waals surface area (Å²) >= 11 is 0. The minimum Gasteiger partial charge on any atom is -0.378 e. The first-order valence-corrected chi connectivity index (χ1v) is 10.6. The Balaban J connectivity index is 1.41. The molecule has 0 bridgehead atoms. The van der Waals surface area contributed by atoms with Crippen molar-refractivity contribution in [2.75, 3.05) is 5.32 Å². The van der Waals surface area contributed by atoms with E-state index in [1.165, 1.54) is 6.20 Å². The van der Waals surface area contributed by atoms with Gasteiger partial charge in [0.15, 0.2) is 17.5 Å². The van der Waals surface area contributed by atoms with Gasteiger partial charge in [0.2, 0.25) is 0 Å². The minimum atomic E-state index is -0.467. The van der Waals surface area contributed by atoms with Gasteiger partial charge in [-0.3, -0.25) is 9.78 Å². The summed E-state index contributed by atoms with van der Waals surface area (Å²) < 4.78 is 15.8. The molecule has 0 atom stereocenters. The molecule has 1 amide bonds. The van der Waals surface area contributed by atoms with E-state index in [0.29, 0.717) is 41.4 Å². The topological polar surface area (TPSA) is 109 Å². The van der Waals surface area contributed by atoms with Crippen molar-refractivity contribution in [3.63, 3.8) is 0 Å². The van der Waals surface area contributed by atoms with E-state index < -0.39 is 5.82 Å². The number of nitrogens with zero attached hydrogens (tertiary/aromatic N) is 5. The SMILES string of the molecule is Cc1ccc(C#N)cc1CNC(=O)c1cccc(NCc2nnc(-c3ccncc3F)n2C)c1. The molecule has 0 spiro atoms. The van der Waals surface area contributed by atoms with Crippen molar-refractivity contribution in [2.45, 2.75) is 20.0 Å². The molecule has 4 aromatic rings. The van der Waals surface area contributed by atoms with Crippen LogP contribution in [-0.4, -0.2) is 25.7 Å². The second-order valence-electron chi connectivity index (χ2n) is 7.72. The molecule has 0 saturated heterocycles. The molecular weight excluding hydrogens is 433 g/mol. The third-order valence-corrected chi connectivity index (χ3v) is 5.47. The Hall–Kier alpha value is -4.58. The Kier molecular flexibility index (Phi) is 6.59. The van der Waals surface area contributed by atoms with Crippen LogP contribution in [0.1, 0.15) is 32.9 Å². The molecule has 4 rings (SSSR count). The van der Waals surface area contributed by atoms with E-state index in [1.54, 1.807) is 48.0 Å². The van der Waals surface area contributed by atoms with Gasteiger partial charge in [0.1, 0.15) is 0 Å². The zero-order chi connectivity index (χ0) is 24.1. The highest BCUT2D eigenvalue weighted by atomic mass is 19.1. The van der Waals surface area contributed by atoms with Gasteiger partial charge in [-0.25, -0.2) is 4.39 Å². The van der Waals surface area contributed by atoms with Crippen molar-refractivity contribution >= 4 is 11.6 Å². The van der Waals surface area contributed by atoms with Crippen molar-refractivity contribution in [1.29, 1.82) is 5.26 Å². The van der Waals surface area contributed by atoms with Crippen LogP contribution in [0.3, 0.4) is 0 Å². The van der Waals surface area contributed by atoms with Gasteiger partial charge in [0.25, 0.3) is 5.91 Å². The van der Waals surface area contributed by atoms with E-state index in [-0.39, 0.29) is 5.91 Å². The van der Waals surface area contributed by atoms with Gasteiger partial charge in [0, 0.05) is 31.0 Å². The molecule has 0 unspecified atom stereocenters. The lowest BCUT2D eigenvalue weighted by Gasteiger charge is -2.11. The van der Waals surface area contributed by atoms with E-state index in [1.807, 2.05) is 19.1 Å². The summed E-state index contributed by atoms with van der Waals surface area (Å²) in [6, 6.07) is 16.2. The van der Waals surface area contributed by atoms with Crippen LogP contribution in [0.4, 0.5) is 10.1 Å². The normalized spacial score (nSPS) is 10.5. The first-order valence-electron chi connectivity index (χ1n) is 10.6. The second-order valence-corrected chi connectivity index (χ2v) is 7.72. The number of carbonyl (C=O) groups is 1. The number of pyridine rings is 1. The molecule has 2 N–H and O–H groups in total. The lowest BCUT2D eigenvalue weighted by Crippen LogP contribution is -2.23. The highest BCUT2D eigenvalue weighted by molar-refractivity contribution is 5.95. The largest absolute Gasteiger partial charge is 0.378 e. The Labute approximate surface area is 196 Å². The molecule has 2 aromatic heterocycles. The number of anilines is 1. The van der Waals surface area contributed by atoms with Gasteiger partial charge in [0.05, 0.1) is 29.9 Å². The number of aryl methyl sites for hydroxylation is 1. The third-order valence-electron chi connectivity index (χ3n) is 5.47. The Morgan fingerprint density at radius 1 is 1.15 bits per heavy atom. The van der Waals surface area contributed by atoms with Crippen LogP contribution in [0.15, 0.2) is 60.9 Å². The van der Waals surface area contributed by atoms with E-state index >= 15 is 0 Å². The van der Waals surface area contributed by atoms with E-state index in [4.69, 9.17) is 5.26 Å².